The van der Waals surface area contributed by atoms with Crippen LogP contribution in [0.5, 0.6) is 0 Å². The monoisotopic (exact) mass is 188 g/mol. The summed E-state index contributed by atoms with van der Waals surface area (Å²) in [4.78, 5) is 0. The van der Waals surface area contributed by atoms with Crippen LogP contribution in [0.3, 0.4) is 0 Å². The Labute approximate surface area is 75.8 Å². The smallest absolute Gasteiger partial charge is 0.127 e. The van der Waals surface area contributed by atoms with Gasteiger partial charge in [-0.1, -0.05) is 18.2 Å². The quantitative estimate of drug-likeness (QED) is 0.723. The normalized spacial score (nSPS) is 12.9. The second kappa shape index (κ2) is 4.43. The average molecular weight is 189 g/mol. The fourth-order valence-corrected chi connectivity index (χ4v) is 1.27. The molecule has 0 bridgehead atoms. The predicted molar refractivity (Wildman–Crippen MR) is 46.7 cm³/mol. The van der Waals surface area contributed by atoms with E-state index in [1.54, 1.807) is 18.2 Å². The van der Waals surface area contributed by atoms with Crippen molar-refractivity contribution in [2.45, 2.75) is 11.8 Å². The minimum atomic E-state index is -0.434. The fourth-order valence-electron chi connectivity index (χ4n) is 0.998. The molecule has 1 atom stereocenters. The maximum absolute atomic E-state index is 13.0. The van der Waals surface area contributed by atoms with Gasteiger partial charge in [0.1, 0.15) is 5.82 Å². The maximum Gasteiger partial charge on any atom is 0.127 e. The lowest BCUT2D eigenvalue weighted by molar-refractivity contribution is 0.286. The van der Waals surface area contributed by atoms with E-state index in [0.29, 0.717) is 12.0 Å². The molecule has 1 aromatic rings. The van der Waals surface area contributed by atoms with E-state index >= 15 is 0 Å². The molecule has 1 nitrogen and oxygen atoms in total. The van der Waals surface area contributed by atoms with Gasteiger partial charge in [0.25, 0.3) is 0 Å². The number of aliphatic hydroxyl groups is 1. The van der Waals surface area contributed by atoms with Crippen molar-refractivity contribution in [2.24, 2.45) is 0 Å². The van der Waals surface area contributed by atoms with Gasteiger partial charge < -0.3 is 5.11 Å². The molecule has 0 amide bonds. The summed E-state index contributed by atoms with van der Waals surface area (Å²) in [6, 6.07) is 6.33. The van der Waals surface area contributed by atoms with Gasteiger partial charge in [-0.2, -0.15) is 0 Å². The highest BCUT2D eigenvalue weighted by atomic mass is 35.5. The van der Waals surface area contributed by atoms with Crippen LogP contribution < -0.4 is 0 Å². The zero-order chi connectivity index (χ0) is 8.97. The van der Waals surface area contributed by atoms with E-state index < -0.39 is 5.38 Å². The minimum absolute atomic E-state index is 0.0253. The topological polar surface area (TPSA) is 20.2 Å². The van der Waals surface area contributed by atoms with Crippen LogP contribution in [0.15, 0.2) is 24.3 Å². The number of hydrogen-bond acceptors (Lipinski definition) is 1. The number of aliphatic hydroxyl groups excluding tert-OH is 1. The minimum Gasteiger partial charge on any atom is -0.396 e. The third kappa shape index (κ3) is 2.19. The van der Waals surface area contributed by atoms with E-state index in [2.05, 4.69) is 0 Å². The standard InChI is InChI=1S/C9H10ClFO/c10-8(5-6-12)7-3-1-2-4-9(7)11/h1-4,8,12H,5-6H2/t8-/m0/s1. The van der Waals surface area contributed by atoms with Crippen LogP contribution in [-0.4, -0.2) is 11.7 Å². The van der Waals surface area contributed by atoms with Crippen LogP contribution in [-0.2, 0) is 0 Å². The van der Waals surface area contributed by atoms with Crippen molar-refractivity contribution in [3.63, 3.8) is 0 Å². The summed E-state index contributed by atoms with van der Waals surface area (Å²) in [7, 11) is 0. The van der Waals surface area contributed by atoms with Crippen LogP contribution in [0.25, 0.3) is 0 Å². The van der Waals surface area contributed by atoms with Gasteiger partial charge in [-0.25, -0.2) is 4.39 Å². The van der Waals surface area contributed by atoms with Gasteiger partial charge in [0.05, 0.1) is 5.38 Å². The second-order valence-corrected chi connectivity index (χ2v) is 3.03. The second-order valence-electron chi connectivity index (χ2n) is 2.50. The Morgan fingerprint density at radius 3 is 2.67 bits per heavy atom. The maximum atomic E-state index is 13.0. The van der Waals surface area contributed by atoms with Gasteiger partial charge in [0.2, 0.25) is 0 Å². The van der Waals surface area contributed by atoms with Gasteiger partial charge in [-0.15, -0.1) is 11.6 Å². The molecule has 0 spiro atoms. The van der Waals surface area contributed by atoms with E-state index in [4.69, 9.17) is 16.7 Å². The van der Waals surface area contributed by atoms with Crippen molar-refractivity contribution < 1.29 is 9.50 Å². The number of alkyl halides is 1. The fraction of sp³-hybridized carbons (Fsp3) is 0.333. The van der Waals surface area contributed by atoms with Crippen LogP contribution in [0, 0.1) is 5.82 Å². The van der Waals surface area contributed by atoms with Crippen molar-refractivity contribution in [3.05, 3.63) is 35.6 Å². The first-order valence-electron chi connectivity index (χ1n) is 3.75. The summed E-state index contributed by atoms with van der Waals surface area (Å²) in [5, 5.41) is 8.15. The molecule has 66 valence electrons. The summed E-state index contributed by atoms with van der Waals surface area (Å²) in [6.07, 6.45) is 0.377. The van der Waals surface area contributed by atoms with Crippen LogP contribution in [0.2, 0.25) is 0 Å². The highest BCUT2D eigenvalue weighted by Crippen LogP contribution is 2.25. The highest BCUT2D eigenvalue weighted by Gasteiger charge is 2.10. The molecule has 1 N–H and O–H groups in total. The van der Waals surface area contributed by atoms with Gasteiger partial charge in [-0.3, -0.25) is 0 Å². The van der Waals surface area contributed by atoms with Crippen molar-refractivity contribution in [2.75, 3.05) is 6.61 Å². The van der Waals surface area contributed by atoms with Gasteiger partial charge in [0.15, 0.2) is 0 Å². The Balaban J connectivity index is 2.79. The summed E-state index contributed by atoms with van der Waals surface area (Å²) >= 11 is 5.81. The SMILES string of the molecule is OCC[C@H](Cl)c1ccccc1F. The molecule has 0 unspecified atom stereocenters. The molecule has 0 radical (unpaired) electrons. The van der Waals surface area contributed by atoms with Crippen molar-refractivity contribution in [1.82, 2.24) is 0 Å². The van der Waals surface area contributed by atoms with Gasteiger partial charge in [0, 0.05) is 12.2 Å². The lowest BCUT2D eigenvalue weighted by Gasteiger charge is -2.07. The average Bonchev–Trinajstić information content (AvgIpc) is 2.05. The van der Waals surface area contributed by atoms with Gasteiger partial charge >= 0.3 is 0 Å². The molecular weight excluding hydrogens is 179 g/mol. The van der Waals surface area contributed by atoms with Crippen molar-refractivity contribution in [3.8, 4) is 0 Å². The van der Waals surface area contributed by atoms with E-state index in [9.17, 15) is 4.39 Å². The van der Waals surface area contributed by atoms with Crippen molar-refractivity contribution in [1.29, 1.82) is 0 Å². The molecule has 0 aromatic heterocycles. The molecule has 12 heavy (non-hydrogen) atoms. The molecule has 0 saturated carbocycles. The third-order valence-corrected chi connectivity index (χ3v) is 2.08. The number of halogens is 2. The molecule has 0 aliphatic carbocycles. The first kappa shape index (κ1) is 9.49. The molecule has 1 rings (SSSR count). The molecule has 0 heterocycles. The third-order valence-electron chi connectivity index (χ3n) is 1.63. The summed E-state index contributed by atoms with van der Waals surface area (Å²) in [5.74, 6) is -0.314. The summed E-state index contributed by atoms with van der Waals surface area (Å²) < 4.78 is 13.0. The van der Waals surface area contributed by atoms with Crippen LogP contribution >= 0.6 is 11.6 Å². The lowest BCUT2D eigenvalue weighted by Crippen LogP contribution is -1.96. The Kier molecular flexibility index (Phi) is 3.50. The largest absolute Gasteiger partial charge is 0.396 e. The van der Waals surface area contributed by atoms with E-state index in [-0.39, 0.29) is 12.4 Å². The zero-order valence-corrected chi connectivity index (χ0v) is 7.26. The zero-order valence-electron chi connectivity index (χ0n) is 6.50. The Bertz CT molecular complexity index is 252. The molecule has 3 heteroatoms. The van der Waals surface area contributed by atoms with Crippen molar-refractivity contribution >= 4 is 11.6 Å². The first-order valence-corrected chi connectivity index (χ1v) is 4.18. The van der Waals surface area contributed by atoms with Crippen LogP contribution in [0.1, 0.15) is 17.4 Å². The van der Waals surface area contributed by atoms with Crippen LogP contribution in [0.4, 0.5) is 4.39 Å². The van der Waals surface area contributed by atoms with E-state index in [1.165, 1.54) is 6.07 Å². The van der Waals surface area contributed by atoms with E-state index in [0.717, 1.165) is 0 Å². The Hall–Kier alpha value is -0.600. The molecule has 1 aromatic carbocycles. The van der Waals surface area contributed by atoms with Gasteiger partial charge in [-0.05, 0) is 12.5 Å². The first-order chi connectivity index (χ1) is 5.75. The predicted octanol–water partition coefficient (Wildman–Crippen LogP) is 2.49. The summed E-state index contributed by atoms with van der Waals surface area (Å²) in [5.41, 5.74) is 0.452. The molecule has 0 aliphatic rings. The Morgan fingerprint density at radius 2 is 2.08 bits per heavy atom. The van der Waals surface area contributed by atoms with E-state index in [1.807, 2.05) is 0 Å². The highest BCUT2D eigenvalue weighted by molar-refractivity contribution is 6.20. The molecule has 0 fully saturated rings. The summed E-state index contributed by atoms with van der Waals surface area (Å²) in [6.45, 7) is -0.0253. The number of rotatable bonds is 3. The number of hydrogen-bond donors (Lipinski definition) is 1. The Morgan fingerprint density at radius 1 is 1.42 bits per heavy atom. The number of benzene rings is 1. The molecular formula is C9H10ClFO. The lowest BCUT2D eigenvalue weighted by atomic mass is 10.1. The molecule has 0 saturated heterocycles. The molecule has 0 aliphatic heterocycles.